The third-order valence-electron chi connectivity index (χ3n) is 2.39. The molecule has 78 valence electrons. The summed E-state index contributed by atoms with van der Waals surface area (Å²) in [6.45, 7) is 1.27. The van der Waals surface area contributed by atoms with Gasteiger partial charge in [0.2, 0.25) is 0 Å². The SMILES string of the molecule is C[N+](C)(C)CCCCc1ccccc1. The Morgan fingerprint density at radius 1 is 0.929 bits per heavy atom. The molecule has 0 unspecified atom stereocenters. The first-order valence-electron chi connectivity index (χ1n) is 5.42. The van der Waals surface area contributed by atoms with Crippen molar-refractivity contribution < 1.29 is 4.48 Å². The molecular formula is C13H22N+. The minimum absolute atomic E-state index is 1.08. The van der Waals surface area contributed by atoms with Gasteiger partial charge in [0.15, 0.2) is 0 Å². The maximum atomic E-state index is 2.25. The number of quaternary nitrogens is 1. The molecule has 1 aromatic rings. The van der Waals surface area contributed by atoms with Gasteiger partial charge in [0.25, 0.3) is 0 Å². The molecule has 0 aliphatic carbocycles. The van der Waals surface area contributed by atoms with Crippen LogP contribution in [-0.4, -0.2) is 32.2 Å². The summed E-state index contributed by atoms with van der Waals surface area (Å²) >= 11 is 0. The van der Waals surface area contributed by atoms with E-state index in [0.29, 0.717) is 0 Å². The number of aryl methyl sites for hydroxylation is 1. The molecule has 0 bridgehead atoms. The fourth-order valence-electron chi connectivity index (χ4n) is 1.56. The first kappa shape index (κ1) is 11.3. The number of hydrogen-bond acceptors (Lipinski definition) is 0. The minimum atomic E-state index is 1.08. The zero-order valence-corrected chi connectivity index (χ0v) is 9.66. The molecule has 0 fully saturated rings. The molecule has 1 aromatic carbocycles. The number of benzene rings is 1. The average Bonchev–Trinajstić information content (AvgIpc) is 2.13. The van der Waals surface area contributed by atoms with Crippen molar-refractivity contribution in [3.63, 3.8) is 0 Å². The molecule has 0 saturated heterocycles. The fraction of sp³-hybridized carbons (Fsp3) is 0.538. The Balaban J connectivity index is 2.17. The minimum Gasteiger partial charge on any atom is -0.331 e. The van der Waals surface area contributed by atoms with Crippen LogP contribution in [0.25, 0.3) is 0 Å². The molecule has 1 rings (SSSR count). The topological polar surface area (TPSA) is 0 Å². The van der Waals surface area contributed by atoms with Crippen molar-refractivity contribution in [1.29, 1.82) is 0 Å². The van der Waals surface area contributed by atoms with E-state index in [4.69, 9.17) is 0 Å². The lowest BCUT2D eigenvalue weighted by Gasteiger charge is -2.23. The Morgan fingerprint density at radius 3 is 2.14 bits per heavy atom. The predicted octanol–water partition coefficient (Wildman–Crippen LogP) is 2.72. The lowest BCUT2D eigenvalue weighted by atomic mass is 10.1. The highest BCUT2D eigenvalue weighted by molar-refractivity contribution is 5.14. The Labute approximate surface area is 88.0 Å². The predicted molar refractivity (Wildman–Crippen MR) is 62.3 cm³/mol. The van der Waals surface area contributed by atoms with Crippen molar-refractivity contribution in [1.82, 2.24) is 0 Å². The third kappa shape index (κ3) is 5.03. The molecule has 0 aliphatic rings. The van der Waals surface area contributed by atoms with Crippen LogP contribution in [0, 0.1) is 0 Å². The van der Waals surface area contributed by atoms with Gasteiger partial charge in [-0.25, -0.2) is 0 Å². The summed E-state index contributed by atoms with van der Waals surface area (Å²) in [5, 5.41) is 0. The lowest BCUT2D eigenvalue weighted by molar-refractivity contribution is -0.870. The third-order valence-corrected chi connectivity index (χ3v) is 2.39. The maximum absolute atomic E-state index is 2.25. The standard InChI is InChI=1S/C13H22N/c1-14(2,3)12-8-7-11-13-9-5-4-6-10-13/h4-6,9-10H,7-8,11-12H2,1-3H3/q+1. The van der Waals surface area contributed by atoms with Crippen molar-refractivity contribution in [2.45, 2.75) is 19.3 Å². The first-order chi connectivity index (χ1) is 6.58. The molecule has 14 heavy (non-hydrogen) atoms. The van der Waals surface area contributed by atoms with Crippen LogP contribution in [0.3, 0.4) is 0 Å². The molecular weight excluding hydrogens is 170 g/mol. The van der Waals surface area contributed by atoms with E-state index in [1.165, 1.54) is 31.4 Å². The number of unbranched alkanes of at least 4 members (excludes halogenated alkanes) is 1. The Bertz CT molecular complexity index is 246. The van der Waals surface area contributed by atoms with Crippen molar-refractivity contribution in [2.24, 2.45) is 0 Å². The number of rotatable bonds is 5. The summed E-state index contributed by atoms with van der Waals surface area (Å²) in [4.78, 5) is 0. The average molecular weight is 192 g/mol. The highest BCUT2D eigenvalue weighted by Gasteiger charge is 2.05. The highest BCUT2D eigenvalue weighted by atomic mass is 15.3. The van der Waals surface area contributed by atoms with Crippen LogP contribution in [-0.2, 0) is 6.42 Å². The second-order valence-electron chi connectivity index (χ2n) is 4.96. The van der Waals surface area contributed by atoms with E-state index in [0.717, 1.165) is 4.48 Å². The normalized spacial score (nSPS) is 11.6. The van der Waals surface area contributed by atoms with E-state index in [9.17, 15) is 0 Å². The van der Waals surface area contributed by atoms with E-state index in [1.807, 2.05) is 0 Å². The molecule has 1 heteroatoms. The Hall–Kier alpha value is -0.820. The van der Waals surface area contributed by atoms with Crippen molar-refractivity contribution in [3.05, 3.63) is 35.9 Å². The van der Waals surface area contributed by atoms with Gasteiger partial charge in [-0.1, -0.05) is 30.3 Å². The second-order valence-corrected chi connectivity index (χ2v) is 4.96. The Kier molecular flexibility index (Phi) is 4.15. The summed E-state index contributed by atoms with van der Waals surface area (Å²) in [6.07, 6.45) is 3.85. The van der Waals surface area contributed by atoms with Crippen LogP contribution >= 0.6 is 0 Å². The van der Waals surface area contributed by atoms with Gasteiger partial charge < -0.3 is 4.48 Å². The van der Waals surface area contributed by atoms with Crippen LogP contribution in [0.5, 0.6) is 0 Å². The zero-order chi connectivity index (χ0) is 10.4. The van der Waals surface area contributed by atoms with Crippen LogP contribution in [0.2, 0.25) is 0 Å². The second kappa shape index (κ2) is 5.16. The summed E-state index contributed by atoms with van der Waals surface area (Å²) < 4.78 is 1.08. The molecule has 0 amide bonds. The van der Waals surface area contributed by atoms with Crippen molar-refractivity contribution in [2.75, 3.05) is 27.7 Å². The first-order valence-corrected chi connectivity index (χ1v) is 5.42. The van der Waals surface area contributed by atoms with Crippen molar-refractivity contribution >= 4 is 0 Å². The fourth-order valence-corrected chi connectivity index (χ4v) is 1.56. The molecule has 0 saturated carbocycles. The maximum Gasteiger partial charge on any atom is 0.0780 e. The van der Waals surface area contributed by atoms with Gasteiger partial charge >= 0.3 is 0 Å². The van der Waals surface area contributed by atoms with Gasteiger partial charge in [0.1, 0.15) is 0 Å². The quantitative estimate of drug-likeness (QED) is 0.497. The van der Waals surface area contributed by atoms with Gasteiger partial charge in [-0.15, -0.1) is 0 Å². The molecule has 0 aliphatic heterocycles. The highest BCUT2D eigenvalue weighted by Crippen LogP contribution is 2.05. The van der Waals surface area contributed by atoms with E-state index in [2.05, 4.69) is 51.5 Å². The van der Waals surface area contributed by atoms with Crippen LogP contribution < -0.4 is 0 Å². The van der Waals surface area contributed by atoms with Gasteiger partial charge in [0, 0.05) is 0 Å². The lowest BCUT2D eigenvalue weighted by Crippen LogP contribution is -2.35. The summed E-state index contributed by atoms with van der Waals surface area (Å²) in [7, 11) is 6.76. The smallest absolute Gasteiger partial charge is 0.0780 e. The van der Waals surface area contributed by atoms with Crippen LogP contribution in [0.15, 0.2) is 30.3 Å². The number of hydrogen-bond donors (Lipinski definition) is 0. The van der Waals surface area contributed by atoms with E-state index >= 15 is 0 Å². The van der Waals surface area contributed by atoms with E-state index in [1.54, 1.807) is 0 Å². The molecule has 0 heterocycles. The summed E-state index contributed by atoms with van der Waals surface area (Å²) in [5.74, 6) is 0. The molecule has 1 nitrogen and oxygen atoms in total. The molecule has 0 spiro atoms. The van der Waals surface area contributed by atoms with Crippen molar-refractivity contribution in [3.8, 4) is 0 Å². The van der Waals surface area contributed by atoms with Gasteiger partial charge in [-0.2, -0.15) is 0 Å². The Morgan fingerprint density at radius 2 is 1.57 bits per heavy atom. The van der Waals surface area contributed by atoms with Gasteiger partial charge in [-0.3, -0.25) is 0 Å². The number of nitrogens with zero attached hydrogens (tertiary/aromatic N) is 1. The molecule has 0 N–H and O–H groups in total. The van der Waals surface area contributed by atoms with Gasteiger partial charge in [0.05, 0.1) is 27.7 Å². The summed E-state index contributed by atoms with van der Waals surface area (Å²) in [6, 6.07) is 10.7. The zero-order valence-electron chi connectivity index (χ0n) is 9.66. The van der Waals surface area contributed by atoms with Crippen LogP contribution in [0.1, 0.15) is 18.4 Å². The molecule has 0 atom stereocenters. The monoisotopic (exact) mass is 192 g/mol. The van der Waals surface area contributed by atoms with Gasteiger partial charge in [-0.05, 0) is 24.8 Å². The summed E-state index contributed by atoms with van der Waals surface area (Å²) in [5.41, 5.74) is 1.47. The largest absolute Gasteiger partial charge is 0.331 e. The molecule has 0 radical (unpaired) electrons. The van der Waals surface area contributed by atoms with E-state index in [-0.39, 0.29) is 0 Å². The molecule has 0 aromatic heterocycles. The van der Waals surface area contributed by atoms with E-state index < -0.39 is 0 Å². The van der Waals surface area contributed by atoms with Crippen LogP contribution in [0.4, 0.5) is 0 Å².